The zero-order valence-corrected chi connectivity index (χ0v) is 14.0. The minimum absolute atomic E-state index is 0.0429. The van der Waals surface area contributed by atoms with Crippen molar-refractivity contribution in [3.05, 3.63) is 29.8 Å². The van der Waals surface area contributed by atoms with Crippen molar-refractivity contribution in [3.8, 4) is 5.75 Å². The van der Waals surface area contributed by atoms with E-state index in [4.69, 9.17) is 4.74 Å². The minimum Gasteiger partial charge on any atom is -0.494 e. The average molecular weight is 327 g/mol. The largest absolute Gasteiger partial charge is 0.494 e. The van der Waals surface area contributed by atoms with E-state index in [1.54, 1.807) is 0 Å². The van der Waals surface area contributed by atoms with Gasteiger partial charge in [0.1, 0.15) is 5.75 Å². The van der Waals surface area contributed by atoms with Gasteiger partial charge in [0, 0.05) is 19.6 Å². The van der Waals surface area contributed by atoms with Crippen LogP contribution in [0.1, 0.15) is 31.4 Å². The minimum atomic E-state index is -3.42. The Balaban J connectivity index is 2.12. The van der Waals surface area contributed by atoms with Gasteiger partial charge in [-0.05, 0) is 50.6 Å². The maximum Gasteiger partial charge on any atom is 0.276 e. The lowest BCUT2D eigenvalue weighted by Gasteiger charge is -2.28. The third-order valence-corrected chi connectivity index (χ3v) is 4.98. The molecule has 0 radical (unpaired) electrons. The first-order valence-electron chi connectivity index (χ1n) is 7.70. The molecule has 1 fully saturated rings. The van der Waals surface area contributed by atoms with Crippen molar-refractivity contribution in [2.75, 3.05) is 33.3 Å². The van der Waals surface area contributed by atoms with Crippen molar-refractivity contribution in [1.29, 1.82) is 0 Å². The number of nitrogens with one attached hydrogen (secondary N) is 2. The first-order valence-corrected chi connectivity index (χ1v) is 9.19. The Morgan fingerprint density at radius 1 is 1.23 bits per heavy atom. The summed E-state index contributed by atoms with van der Waals surface area (Å²) in [7, 11) is -2.01. The van der Waals surface area contributed by atoms with Crippen molar-refractivity contribution < 1.29 is 13.2 Å². The average Bonchev–Trinajstić information content (AvgIpc) is 3.03. The third-order valence-electron chi connectivity index (χ3n) is 3.89. The summed E-state index contributed by atoms with van der Waals surface area (Å²) in [6.07, 6.45) is 2.32. The monoisotopic (exact) mass is 327 g/mol. The molecule has 0 bridgehead atoms. The van der Waals surface area contributed by atoms with E-state index in [-0.39, 0.29) is 6.04 Å². The molecule has 0 aliphatic carbocycles. The van der Waals surface area contributed by atoms with E-state index in [0.29, 0.717) is 13.2 Å². The zero-order valence-electron chi connectivity index (χ0n) is 13.2. The fourth-order valence-corrected chi connectivity index (χ4v) is 3.25. The van der Waals surface area contributed by atoms with Gasteiger partial charge in [-0.3, -0.25) is 4.90 Å². The van der Waals surface area contributed by atoms with Crippen molar-refractivity contribution in [2.45, 2.75) is 25.8 Å². The second-order valence-corrected chi connectivity index (χ2v) is 7.02. The Morgan fingerprint density at radius 2 is 1.86 bits per heavy atom. The molecule has 0 saturated carbocycles. The van der Waals surface area contributed by atoms with Crippen LogP contribution in [-0.2, 0) is 10.2 Å². The van der Waals surface area contributed by atoms with Crippen LogP contribution in [0.25, 0.3) is 0 Å². The van der Waals surface area contributed by atoms with E-state index in [2.05, 4.69) is 14.3 Å². The van der Waals surface area contributed by atoms with Crippen LogP contribution in [0.3, 0.4) is 0 Å². The van der Waals surface area contributed by atoms with Crippen molar-refractivity contribution in [1.82, 2.24) is 14.3 Å². The van der Waals surface area contributed by atoms with Gasteiger partial charge in [0.25, 0.3) is 10.2 Å². The maximum absolute atomic E-state index is 11.6. The van der Waals surface area contributed by atoms with Crippen LogP contribution in [0.4, 0.5) is 0 Å². The summed E-state index contributed by atoms with van der Waals surface area (Å²) in [5.41, 5.74) is 1.10. The quantitative estimate of drug-likeness (QED) is 0.754. The van der Waals surface area contributed by atoms with E-state index < -0.39 is 10.2 Å². The first-order chi connectivity index (χ1) is 10.6. The van der Waals surface area contributed by atoms with Crippen molar-refractivity contribution in [2.24, 2.45) is 0 Å². The number of ether oxygens (including phenoxy) is 1. The topological polar surface area (TPSA) is 70.7 Å². The van der Waals surface area contributed by atoms with Gasteiger partial charge < -0.3 is 4.74 Å². The highest BCUT2D eigenvalue weighted by Crippen LogP contribution is 2.26. The first kappa shape index (κ1) is 17.2. The van der Waals surface area contributed by atoms with E-state index in [1.807, 2.05) is 31.2 Å². The van der Waals surface area contributed by atoms with Crippen LogP contribution < -0.4 is 14.2 Å². The van der Waals surface area contributed by atoms with E-state index in [1.165, 1.54) is 7.05 Å². The van der Waals surface area contributed by atoms with Gasteiger partial charge in [0.2, 0.25) is 0 Å². The van der Waals surface area contributed by atoms with Gasteiger partial charge in [-0.15, -0.1) is 0 Å². The molecule has 124 valence electrons. The molecule has 1 heterocycles. The second-order valence-electron chi connectivity index (χ2n) is 5.32. The van der Waals surface area contributed by atoms with Gasteiger partial charge in [-0.2, -0.15) is 8.42 Å². The van der Waals surface area contributed by atoms with Gasteiger partial charge in [0.05, 0.1) is 6.61 Å². The van der Waals surface area contributed by atoms with Crippen molar-refractivity contribution in [3.63, 3.8) is 0 Å². The number of nitrogens with zero attached hydrogens (tertiary/aromatic N) is 1. The van der Waals surface area contributed by atoms with Crippen LogP contribution in [0.15, 0.2) is 24.3 Å². The third kappa shape index (κ3) is 4.67. The number of rotatable bonds is 8. The molecule has 1 atom stereocenters. The Morgan fingerprint density at radius 3 is 2.41 bits per heavy atom. The maximum atomic E-state index is 11.6. The summed E-state index contributed by atoms with van der Waals surface area (Å²) in [6.45, 7) is 4.94. The molecule has 1 aromatic rings. The van der Waals surface area contributed by atoms with Crippen LogP contribution in [-0.4, -0.2) is 46.6 Å². The summed E-state index contributed by atoms with van der Waals surface area (Å²) in [4.78, 5) is 2.33. The second kappa shape index (κ2) is 7.92. The lowest BCUT2D eigenvalue weighted by Crippen LogP contribution is -2.40. The summed E-state index contributed by atoms with van der Waals surface area (Å²) in [5.74, 6) is 0.835. The van der Waals surface area contributed by atoms with Gasteiger partial charge in [-0.1, -0.05) is 12.1 Å². The van der Waals surface area contributed by atoms with E-state index in [9.17, 15) is 8.42 Å². The summed E-state index contributed by atoms with van der Waals surface area (Å²) in [5, 5.41) is 0. The Labute approximate surface area is 133 Å². The number of likely N-dealkylation sites (tertiary alicyclic amines) is 1. The molecule has 2 N–H and O–H groups in total. The zero-order chi connectivity index (χ0) is 16.0. The van der Waals surface area contributed by atoms with Crippen LogP contribution in [0, 0.1) is 0 Å². The number of hydrogen-bond acceptors (Lipinski definition) is 4. The highest BCUT2D eigenvalue weighted by Gasteiger charge is 2.24. The number of benzene rings is 1. The Hall–Kier alpha value is -1.15. The van der Waals surface area contributed by atoms with Gasteiger partial charge in [-0.25, -0.2) is 9.44 Å². The molecule has 1 unspecified atom stereocenters. The molecule has 2 rings (SSSR count). The SMILES string of the molecule is CCOc1ccc(C(CNS(=O)(=O)NC)N2CCCC2)cc1. The molecule has 0 amide bonds. The van der Waals surface area contributed by atoms with Crippen LogP contribution in [0.5, 0.6) is 5.75 Å². The van der Waals surface area contributed by atoms with Gasteiger partial charge in [0.15, 0.2) is 0 Å². The molecule has 22 heavy (non-hydrogen) atoms. The molecule has 1 aliphatic rings. The normalized spacial score (nSPS) is 17.5. The predicted molar refractivity (Wildman–Crippen MR) is 87.1 cm³/mol. The fourth-order valence-electron chi connectivity index (χ4n) is 2.72. The van der Waals surface area contributed by atoms with E-state index >= 15 is 0 Å². The highest BCUT2D eigenvalue weighted by molar-refractivity contribution is 7.87. The lowest BCUT2D eigenvalue weighted by molar-refractivity contribution is 0.246. The lowest BCUT2D eigenvalue weighted by atomic mass is 10.1. The van der Waals surface area contributed by atoms with Crippen LogP contribution in [0.2, 0.25) is 0 Å². The summed E-state index contributed by atoms with van der Waals surface area (Å²) < 4.78 is 33.6. The highest BCUT2D eigenvalue weighted by atomic mass is 32.2. The predicted octanol–water partition coefficient (Wildman–Crippen LogP) is 1.28. The summed E-state index contributed by atoms with van der Waals surface area (Å²) in [6, 6.07) is 7.95. The molecule has 6 nitrogen and oxygen atoms in total. The molecule has 1 saturated heterocycles. The van der Waals surface area contributed by atoms with Crippen molar-refractivity contribution >= 4 is 10.2 Å². The summed E-state index contributed by atoms with van der Waals surface area (Å²) >= 11 is 0. The van der Waals surface area contributed by atoms with E-state index in [0.717, 1.165) is 37.2 Å². The number of hydrogen-bond donors (Lipinski definition) is 2. The Bertz CT molecular complexity index is 554. The Kier molecular flexibility index (Phi) is 6.19. The molecular weight excluding hydrogens is 302 g/mol. The fraction of sp³-hybridized carbons (Fsp3) is 0.600. The van der Waals surface area contributed by atoms with Crippen LogP contribution >= 0.6 is 0 Å². The molecule has 0 spiro atoms. The molecular formula is C15H25N3O3S. The molecule has 7 heteroatoms. The molecule has 1 aromatic carbocycles. The molecule has 0 aromatic heterocycles. The standard InChI is InChI=1S/C15H25N3O3S/c1-3-21-14-8-6-13(7-9-14)15(18-10-4-5-11-18)12-17-22(19,20)16-2/h6-9,15-17H,3-5,10-12H2,1-2H3. The smallest absolute Gasteiger partial charge is 0.276 e. The molecule has 1 aliphatic heterocycles. The van der Waals surface area contributed by atoms with Gasteiger partial charge >= 0.3 is 0 Å².